The van der Waals surface area contributed by atoms with Crippen LogP contribution in [0.25, 0.3) is 0 Å². The van der Waals surface area contributed by atoms with Crippen LogP contribution in [-0.2, 0) is 18.1 Å². The quantitative estimate of drug-likeness (QED) is 0.604. The van der Waals surface area contributed by atoms with Crippen LogP contribution in [0.15, 0.2) is 41.4 Å². The first kappa shape index (κ1) is 18.3. The van der Waals surface area contributed by atoms with Crippen LogP contribution in [0.1, 0.15) is 25.5 Å². The third-order valence-electron chi connectivity index (χ3n) is 2.32. The molecular formula is C13H16ClF2O4P. The molecule has 0 amide bonds. The molecular weight excluding hydrogens is 325 g/mol. The van der Waals surface area contributed by atoms with Gasteiger partial charge in [-0.25, -0.2) is 4.57 Å². The summed E-state index contributed by atoms with van der Waals surface area (Å²) in [5.74, 6) is 0. The summed E-state index contributed by atoms with van der Waals surface area (Å²) in [6.07, 6.45) is -3.55. The minimum atomic E-state index is -3.99. The van der Waals surface area contributed by atoms with E-state index in [1.54, 1.807) is 32.0 Å². The second-order valence-corrected chi connectivity index (χ2v) is 5.82. The lowest BCUT2D eigenvalue weighted by atomic mass is 10.1. The zero-order valence-electron chi connectivity index (χ0n) is 11.6. The van der Waals surface area contributed by atoms with Gasteiger partial charge in [-0.05, 0) is 19.4 Å². The molecule has 4 nitrogen and oxygen atoms in total. The van der Waals surface area contributed by atoms with E-state index in [9.17, 15) is 13.3 Å². The van der Waals surface area contributed by atoms with Gasteiger partial charge in [-0.1, -0.05) is 41.9 Å². The fourth-order valence-corrected chi connectivity index (χ4v) is 3.07. The molecule has 0 N–H and O–H groups in total. The van der Waals surface area contributed by atoms with Crippen LogP contribution in [0.4, 0.5) is 8.78 Å². The van der Waals surface area contributed by atoms with Crippen molar-refractivity contribution in [1.29, 1.82) is 0 Å². The molecule has 8 heteroatoms. The molecule has 0 saturated heterocycles. The minimum absolute atomic E-state index is 0.0399. The summed E-state index contributed by atoms with van der Waals surface area (Å²) in [6, 6.07) is 8.00. The van der Waals surface area contributed by atoms with Gasteiger partial charge >= 0.3 is 7.82 Å². The fraction of sp³-hybridized carbons (Fsp3) is 0.385. The largest absolute Gasteiger partial charge is 0.475 e. The maximum absolute atomic E-state index is 12.8. The van der Waals surface area contributed by atoms with E-state index in [2.05, 4.69) is 0 Å². The van der Waals surface area contributed by atoms with Gasteiger partial charge in [-0.3, -0.25) is 13.6 Å². The van der Waals surface area contributed by atoms with Gasteiger partial charge in [0.15, 0.2) is 0 Å². The number of rotatable bonds is 8. The van der Waals surface area contributed by atoms with Gasteiger partial charge in [-0.2, -0.15) is 8.78 Å². The summed E-state index contributed by atoms with van der Waals surface area (Å²) < 4.78 is 53.0. The van der Waals surface area contributed by atoms with Crippen molar-refractivity contribution in [2.75, 3.05) is 13.2 Å². The molecule has 1 rings (SSSR count). The summed E-state index contributed by atoms with van der Waals surface area (Å²) in [5, 5.41) is -0.860. The lowest BCUT2D eigenvalue weighted by Gasteiger charge is -2.23. The van der Waals surface area contributed by atoms with Gasteiger partial charge in [-0.15, -0.1) is 0 Å². The smallest absolute Gasteiger partial charge is 0.287 e. The minimum Gasteiger partial charge on any atom is -0.287 e. The maximum Gasteiger partial charge on any atom is 0.475 e. The highest BCUT2D eigenvalue weighted by Gasteiger charge is 2.34. The Morgan fingerprint density at radius 3 is 2.14 bits per heavy atom. The summed E-state index contributed by atoms with van der Waals surface area (Å²) in [7, 11) is -3.99. The van der Waals surface area contributed by atoms with E-state index >= 15 is 0 Å². The maximum atomic E-state index is 12.8. The predicted octanol–water partition coefficient (Wildman–Crippen LogP) is 5.27. The molecule has 0 spiro atoms. The molecule has 1 aromatic rings. The SMILES string of the molecule is CCOP(=O)(OCC)OC(C(Cl)=C(F)F)c1ccccc1. The molecule has 0 fully saturated rings. The van der Waals surface area contributed by atoms with E-state index in [1.165, 1.54) is 12.1 Å². The van der Waals surface area contributed by atoms with Crippen molar-refractivity contribution in [2.24, 2.45) is 0 Å². The lowest BCUT2D eigenvalue weighted by molar-refractivity contribution is 0.0975. The molecule has 0 radical (unpaired) electrons. The summed E-state index contributed by atoms with van der Waals surface area (Å²) in [4.78, 5) is 0. The Morgan fingerprint density at radius 1 is 1.19 bits per heavy atom. The first-order valence-corrected chi connectivity index (χ1v) is 8.10. The third-order valence-corrected chi connectivity index (χ3v) is 4.28. The zero-order valence-corrected chi connectivity index (χ0v) is 13.2. The standard InChI is InChI=1S/C13H16ClF2O4P/c1-3-18-21(17,19-4-2)20-12(11(14)13(15)16)10-8-6-5-7-9-10/h5-9,12H,3-4H2,1-2H3. The normalized spacial score (nSPS) is 13.0. The molecule has 0 saturated carbocycles. The second kappa shape index (κ2) is 8.61. The zero-order chi connectivity index (χ0) is 15.9. The molecule has 0 aromatic heterocycles. The number of phosphoric ester groups is 1. The van der Waals surface area contributed by atoms with Gasteiger partial charge in [0.05, 0.1) is 13.2 Å². The highest BCUT2D eigenvalue weighted by molar-refractivity contribution is 7.48. The number of phosphoric acid groups is 1. The molecule has 1 aromatic carbocycles. The summed E-state index contributed by atoms with van der Waals surface area (Å²) in [6.45, 7) is 3.25. The molecule has 0 aliphatic heterocycles. The Balaban J connectivity index is 3.14. The average Bonchev–Trinajstić information content (AvgIpc) is 2.45. The van der Waals surface area contributed by atoms with E-state index in [-0.39, 0.29) is 13.2 Å². The highest BCUT2D eigenvalue weighted by Crippen LogP contribution is 2.55. The van der Waals surface area contributed by atoms with E-state index in [1.807, 2.05) is 0 Å². The second-order valence-electron chi connectivity index (χ2n) is 3.79. The van der Waals surface area contributed by atoms with E-state index in [0.717, 1.165) is 0 Å². The molecule has 0 heterocycles. The highest BCUT2D eigenvalue weighted by atomic mass is 35.5. The summed E-state index contributed by atoms with van der Waals surface area (Å²) in [5.41, 5.74) is 0.315. The van der Waals surface area contributed by atoms with Gasteiger partial charge in [0.2, 0.25) is 0 Å². The van der Waals surface area contributed by atoms with Crippen LogP contribution in [0.2, 0.25) is 0 Å². The molecule has 0 aliphatic rings. The topological polar surface area (TPSA) is 44.8 Å². The van der Waals surface area contributed by atoms with Crippen LogP contribution in [0, 0.1) is 0 Å². The molecule has 21 heavy (non-hydrogen) atoms. The van der Waals surface area contributed by atoms with Crippen molar-refractivity contribution in [3.63, 3.8) is 0 Å². The van der Waals surface area contributed by atoms with Crippen LogP contribution in [-0.4, -0.2) is 13.2 Å². The third kappa shape index (κ3) is 5.49. The number of hydrogen-bond acceptors (Lipinski definition) is 4. The fourth-order valence-electron chi connectivity index (χ4n) is 1.52. The Morgan fingerprint density at radius 2 is 1.71 bits per heavy atom. The van der Waals surface area contributed by atoms with Crippen LogP contribution >= 0.6 is 19.4 Å². The van der Waals surface area contributed by atoms with E-state index in [4.69, 9.17) is 25.2 Å². The predicted molar refractivity (Wildman–Crippen MR) is 76.2 cm³/mol. The number of hydrogen-bond donors (Lipinski definition) is 0. The molecule has 0 bridgehead atoms. The molecule has 1 atom stereocenters. The van der Waals surface area contributed by atoms with E-state index < -0.39 is 25.0 Å². The number of benzene rings is 1. The molecule has 1 unspecified atom stereocenters. The van der Waals surface area contributed by atoms with Crippen LogP contribution in [0.5, 0.6) is 0 Å². The van der Waals surface area contributed by atoms with Crippen molar-refractivity contribution >= 4 is 19.4 Å². The van der Waals surface area contributed by atoms with Crippen molar-refractivity contribution < 1.29 is 26.9 Å². The van der Waals surface area contributed by atoms with Gasteiger partial charge in [0, 0.05) is 0 Å². The summed E-state index contributed by atoms with van der Waals surface area (Å²) >= 11 is 5.60. The monoisotopic (exact) mass is 340 g/mol. The lowest BCUT2D eigenvalue weighted by Crippen LogP contribution is -2.08. The first-order chi connectivity index (χ1) is 9.93. The first-order valence-electron chi connectivity index (χ1n) is 6.26. The van der Waals surface area contributed by atoms with Gasteiger partial charge < -0.3 is 0 Å². The molecule has 0 aliphatic carbocycles. The van der Waals surface area contributed by atoms with E-state index in [0.29, 0.717) is 5.56 Å². The number of halogens is 3. The van der Waals surface area contributed by atoms with Gasteiger partial charge in [0.25, 0.3) is 6.08 Å². The Hall–Kier alpha value is -0.780. The average molecular weight is 341 g/mol. The molecule has 118 valence electrons. The Labute approximate surface area is 127 Å². The van der Waals surface area contributed by atoms with Crippen molar-refractivity contribution in [3.8, 4) is 0 Å². The Kier molecular flexibility index (Phi) is 7.49. The van der Waals surface area contributed by atoms with Gasteiger partial charge in [0.1, 0.15) is 11.1 Å². The van der Waals surface area contributed by atoms with Crippen LogP contribution in [0.3, 0.4) is 0 Å². The van der Waals surface area contributed by atoms with Crippen molar-refractivity contribution in [1.82, 2.24) is 0 Å². The van der Waals surface area contributed by atoms with Crippen LogP contribution < -0.4 is 0 Å². The van der Waals surface area contributed by atoms with Crippen molar-refractivity contribution in [2.45, 2.75) is 20.0 Å². The van der Waals surface area contributed by atoms with Crippen molar-refractivity contribution in [3.05, 3.63) is 47.0 Å². The Bertz CT molecular complexity index is 510.